The number of alkyl halides is 1. The number of carbonyl (C=O) groups is 1. The third-order valence-corrected chi connectivity index (χ3v) is 2.71. The Morgan fingerprint density at radius 1 is 1.50 bits per heavy atom. The molecule has 1 amide bonds. The third-order valence-electron chi connectivity index (χ3n) is 2.11. The van der Waals surface area contributed by atoms with E-state index in [-0.39, 0.29) is 11.8 Å². The molecule has 88 valence electrons. The average molecular weight is 262 g/mol. The molecule has 0 spiro atoms. The number of nitrogens with one attached hydrogen (secondary N) is 1. The zero-order valence-electron chi connectivity index (χ0n) is 8.93. The lowest BCUT2D eigenvalue weighted by atomic mass is 10.1. The van der Waals surface area contributed by atoms with E-state index in [9.17, 15) is 4.79 Å². The maximum Gasteiger partial charge on any atom is 0.234 e. The Kier molecular flexibility index (Phi) is 5.43. The number of benzene rings is 1. The Hall–Kier alpha value is -0.930. The molecule has 1 aromatic carbocycles. The van der Waals surface area contributed by atoms with Crippen molar-refractivity contribution < 1.29 is 9.53 Å². The first-order chi connectivity index (χ1) is 7.69. The van der Waals surface area contributed by atoms with E-state index in [0.717, 1.165) is 11.3 Å². The molecule has 1 rings (SSSR count). The molecule has 0 atom stereocenters. The molecule has 1 N–H and O–H groups in total. The van der Waals surface area contributed by atoms with Crippen LogP contribution in [0.1, 0.15) is 5.56 Å². The summed E-state index contributed by atoms with van der Waals surface area (Å²) in [5.41, 5.74) is 0.890. The maximum atomic E-state index is 10.9. The van der Waals surface area contributed by atoms with Crippen molar-refractivity contribution in [3.05, 3.63) is 28.8 Å². The molecule has 3 nitrogen and oxygen atoms in total. The number of hydrogen-bond acceptors (Lipinski definition) is 2. The zero-order chi connectivity index (χ0) is 12.0. The Bertz CT molecular complexity index is 369. The molecular formula is C11H13Cl2NO2. The number of rotatable bonds is 5. The van der Waals surface area contributed by atoms with E-state index in [0.29, 0.717) is 18.0 Å². The summed E-state index contributed by atoms with van der Waals surface area (Å²) in [5.74, 6) is 0.514. The van der Waals surface area contributed by atoms with Gasteiger partial charge in [0, 0.05) is 17.1 Å². The first-order valence-electron chi connectivity index (χ1n) is 4.83. The van der Waals surface area contributed by atoms with Crippen LogP contribution >= 0.6 is 23.2 Å². The highest BCUT2D eigenvalue weighted by Crippen LogP contribution is 2.26. The van der Waals surface area contributed by atoms with Gasteiger partial charge in [0.15, 0.2) is 0 Å². The lowest BCUT2D eigenvalue weighted by Crippen LogP contribution is -2.26. The molecule has 0 saturated carbocycles. The number of halogens is 2. The van der Waals surface area contributed by atoms with Gasteiger partial charge in [-0.2, -0.15) is 0 Å². The lowest BCUT2D eigenvalue weighted by Gasteiger charge is -2.10. The number of hydrogen-bond donors (Lipinski definition) is 1. The SMILES string of the molecule is COc1cccc(Cl)c1CCNC(=O)CCl. The van der Waals surface area contributed by atoms with Gasteiger partial charge in [0.1, 0.15) is 11.6 Å². The van der Waals surface area contributed by atoms with Gasteiger partial charge in [-0.25, -0.2) is 0 Å². The smallest absolute Gasteiger partial charge is 0.234 e. The second-order valence-corrected chi connectivity index (χ2v) is 3.83. The van der Waals surface area contributed by atoms with E-state index in [1.165, 1.54) is 0 Å². The average Bonchev–Trinajstić information content (AvgIpc) is 2.30. The van der Waals surface area contributed by atoms with Crippen molar-refractivity contribution in [2.24, 2.45) is 0 Å². The Balaban J connectivity index is 2.62. The normalized spacial score (nSPS) is 9.94. The number of carbonyl (C=O) groups excluding carboxylic acids is 1. The molecule has 0 aliphatic carbocycles. The van der Waals surface area contributed by atoms with Gasteiger partial charge in [-0.3, -0.25) is 4.79 Å². The quantitative estimate of drug-likeness (QED) is 0.826. The van der Waals surface area contributed by atoms with Crippen molar-refractivity contribution in [1.29, 1.82) is 0 Å². The molecule has 0 radical (unpaired) electrons. The fourth-order valence-corrected chi connectivity index (χ4v) is 1.70. The predicted molar refractivity (Wildman–Crippen MR) is 65.4 cm³/mol. The van der Waals surface area contributed by atoms with Gasteiger partial charge in [-0.05, 0) is 18.6 Å². The molecule has 0 heterocycles. The second kappa shape index (κ2) is 6.61. The summed E-state index contributed by atoms with van der Waals surface area (Å²) in [6.45, 7) is 0.492. The van der Waals surface area contributed by atoms with Gasteiger partial charge in [0.25, 0.3) is 0 Å². The van der Waals surface area contributed by atoms with Gasteiger partial charge >= 0.3 is 0 Å². The second-order valence-electron chi connectivity index (χ2n) is 3.15. The fourth-order valence-electron chi connectivity index (χ4n) is 1.35. The fraction of sp³-hybridized carbons (Fsp3) is 0.364. The third kappa shape index (κ3) is 3.58. The van der Waals surface area contributed by atoms with Crippen LogP contribution in [-0.2, 0) is 11.2 Å². The summed E-state index contributed by atoms with van der Waals surface area (Å²) in [6, 6.07) is 5.45. The van der Waals surface area contributed by atoms with E-state index < -0.39 is 0 Å². The maximum absolute atomic E-state index is 10.9. The van der Waals surface area contributed by atoms with Crippen molar-refractivity contribution in [2.45, 2.75) is 6.42 Å². The summed E-state index contributed by atoms with van der Waals surface area (Å²) < 4.78 is 5.19. The molecule has 16 heavy (non-hydrogen) atoms. The molecule has 0 aliphatic heterocycles. The van der Waals surface area contributed by atoms with E-state index in [2.05, 4.69) is 5.32 Å². The molecule has 0 saturated heterocycles. The highest BCUT2D eigenvalue weighted by molar-refractivity contribution is 6.31. The number of methoxy groups -OCH3 is 1. The molecule has 0 unspecified atom stereocenters. The summed E-state index contributed by atoms with van der Waals surface area (Å²) in [6.07, 6.45) is 0.617. The van der Waals surface area contributed by atoms with Crippen LogP contribution in [0.3, 0.4) is 0 Å². The minimum atomic E-state index is -0.187. The van der Waals surface area contributed by atoms with Crippen LogP contribution in [0.15, 0.2) is 18.2 Å². The van der Waals surface area contributed by atoms with Crippen molar-refractivity contribution in [1.82, 2.24) is 5.32 Å². The van der Waals surface area contributed by atoms with E-state index in [1.807, 2.05) is 12.1 Å². The van der Waals surface area contributed by atoms with Crippen molar-refractivity contribution in [3.8, 4) is 5.75 Å². The van der Waals surface area contributed by atoms with Crippen LogP contribution in [0.25, 0.3) is 0 Å². The minimum Gasteiger partial charge on any atom is -0.496 e. The largest absolute Gasteiger partial charge is 0.496 e. The van der Waals surface area contributed by atoms with Crippen molar-refractivity contribution in [2.75, 3.05) is 19.5 Å². The summed E-state index contributed by atoms with van der Waals surface area (Å²) >= 11 is 11.4. The van der Waals surface area contributed by atoms with E-state index in [1.54, 1.807) is 13.2 Å². The summed E-state index contributed by atoms with van der Waals surface area (Å²) in [7, 11) is 1.59. The minimum absolute atomic E-state index is 0.0281. The number of amides is 1. The standard InChI is InChI=1S/C11H13Cl2NO2/c1-16-10-4-2-3-9(13)8(10)5-6-14-11(15)7-12/h2-4H,5-7H2,1H3,(H,14,15). The van der Waals surface area contributed by atoms with Gasteiger partial charge < -0.3 is 10.1 Å². The molecular weight excluding hydrogens is 249 g/mol. The van der Waals surface area contributed by atoms with Crippen molar-refractivity contribution >= 4 is 29.1 Å². The monoisotopic (exact) mass is 261 g/mol. The van der Waals surface area contributed by atoms with Crippen LogP contribution < -0.4 is 10.1 Å². The Labute approximate surface area is 105 Å². The van der Waals surface area contributed by atoms with Crippen LogP contribution in [0.2, 0.25) is 5.02 Å². The first kappa shape index (κ1) is 13.1. The molecule has 0 aliphatic rings. The first-order valence-corrected chi connectivity index (χ1v) is 5.74. The highest BCUT2D eigenvalue weighted by atomic mass is 35.5. The van der Waals surface area contributed by atoms with Crippen LogP contribution in [-0.4, -0.2) is 25.4 Å². The topological polar surface area (TPSA) is 38.3 Å². The van der Waals surface area contributed by atoms with Crippen molar-refractivity contribution in [3.63, 3.8) is 0 Å². The number of ether oxygens (including phenoxy) is 1. The lowest BCUT2D eigenvalue weighted by molar-refractivity contribution is -0.118. The van der Waals surface area contributed by atoms with Gasteiger partial charge in [-0.15, -0.1) is 11.6 Å². The molecule has 5 heteroatoms. The molecule has 0 fully saturated rings. The Morgan fingerprint density at radius 3 is 2.88 bits per heavy atom. The van der Waals surface area contributed by atoms with Crippen LogP contribution in [0.5, 0.6) is 5.75 Å². The molecule has 1 aromatic rings. The van der Waals surface area contributed by atoms with Gasteiger partial charge in [0.2, 0.25) is 5.91 Å². The highest BCUT2D eigenvalue weighted by Gasteiger charge is 2.07. The summed E-state index contributed by atoms with van der Waals surface area (Å²) in [5, 5.41) is 3.31. The van der Waals surface area contributed by atoms with E-state index >= 15 is 0 Å². The van der Waals surface area contributed by atoms with Crippen LogP contribution in [0.4, 0.5) is 0 Å². The zero-order valence-corrected chi connectivity index (χ0v) is 10.4. The van der Waals surface area contributed by atoms with E-state index in [4.69, 9.17) is 27.9 Å². The molecule has 0 bridgehead atoms. The summed E-state index contributed by atoms with van der Waals surface area (Å²) in [4.78, 5) is 10.9. The van der Waals surface area contributed by atoms with Crippen LogP contribution in [0, 0.1) is 0 Å². The molecule has 0 aromatic heterocycles. The van der Waals surface area contributed by atoms with Gasteiger partial charge in [-0.1, -0.05) is 17.7 Å². The predicted octanol–water partition coefficient (Wildman–Crippen LogP) is 2.25. The van der Waals surface area contributed by atoms with Gasteiger partial charge in [0.05, 0.1) is 7.11 Å². The Morgan fingerprint density at radius 2 is 2.25 bits per heavy atom.